The fourth-order valence-electron chi connectivity index (χ4n) is 1.62. The molecule has 2 aromatic rings. The zero-order valence-electron chi connectivity index (χ0n) is 10.1. The van der Waals surface area contributed by atoms with Crippen LogP contribution >= 0.6 is 0 Å². The molecular formula is C13H12N2O4. The van der Waals surface area contributed by atoms with Crippen molar-refractivity contribution in [2.75, 3.05) is 11.1 Å². The molecule has 0 fully saturated rings. The molecule has 0 aliphatic carbocycles. The van der Waals surface area contributed by atoms with Crippen molar-refractivity contribution in [3.63, 3.8) is 0 Å². The van der Waals surface area contributed by atoms with Crippen LogP contribution < -0.4 is 11.1 Å². The van der Waals surface area contributed by atoms with Crippen LogP contribution in [0.1, 0.15) is 26.5 Å². The molecule has 0 saturated heterocycles. The molecule has 6 heteroatoms. The maximum absolute atomic E-state index is 11.9. The van der Waals surface area contributed by atoms with Gasteiger partial charge in [-0.2, -0.15) is 0 Å². The molecular weight excluding hydrogens is 248 g/mol. The Kier molecular flexibility index (Phi) is 3.24. The Bertz CT molecular complexity index is 646. The molecule has 1 aromatic carbocycles. The van der Waals surface area contributed by atoms with Crippen LogP contribution in [-0.4, -0.2) is 17.0 Å². The van der Waals surface area contributed by atoms with Gasteiger partial charge in [0.25, 0.3) is 5.91 Å². The number of aromatic carboxylic acids is 1. The van der Waals surface area contributed by atoms with Crippen LogP contribution in [0.25, 0.3) is 0 Å². The Morgan fingerprint density at radius 2 is 2.05 bits per heavy atom. The number of aryl methyl sites for hydroxylation is 1. The van der Waals surface area contributed by atoms with Gasteiger partial charge in [0.1, 0.15) is 5.76 Å². The van der Waals surface area contributed by atoms with Crippen LogP contribution in [0.15, 0.2) is 34.9 Å². The predicted octanol–water partition coefficient (Wildman–Crippen LogP) is 2.12. The molecule has 98 valence electrons. The lowest BCUT2D eigenvalue weighted by molar-refractivity contribution is 0.0697. The molecule has 1 aromatic heterocycles. The standard InChI is InChI=1S/C13H12N2O4/c1-7-9(4-5-19-7)12(16)15-11-3-2-8(13(17)18)6-10(11)14/h2-6H,14H2,1H3,(H,15,16)(H,17,18). The van der Waals surface area contributed by atoms with Gasteiger partial charge < -0.3 is 20.6 Å². The molecule has 0 aliphatic rings. The number of hydrogen-bond acceptors (Lipinski definition) is 4. The number of carbonyl (C=O) groups excluding carboxylic acids is 1. The third-order valence-electron chi connectivity index (χ3n) is 2.65. The van der Waals surface area contributed by atoms with Crippen molar-refractivity contribution >= 4 is 23.3 Å². The minimum Gasteiger partial charge on any atom is -0.478 e. The lowest BCUT2D eigenvalue weighted by Gasteiger charge is -2.08. The van der Waals surface area contributed by atoms with E-state index in [9.17, 15) is 9.59 Å². The first-order valence-corrected chi connectivity index (χ1v) is 5.47. The Morgan fingerprint density at radius 3 is 2.58 bits per heavy atom. The van der Waals surface area contributed by atoms with Crippen LogP contribution in [0.3, 0.4) is 0 Å². The molecule has 0 bridgehead atoms. The number of carbonyl (C=O) groups is 2. The maximum atomic E-state index is 11.9. The second-order valence-corrected chi connectivity index (χ2v) is 3.95. The van der Waals surface area contributed by atoms with Crippen molar-refractivity contribution in [3.05, 3.63) is 47.4 Å². The number of carboxylic acid groups (broad SMARTS) is 1. The highest BCUT2D eigenvalue weighted by Gasteiger charge is 2.13. The van der Waals surface area contributed by atoms with Crippen LogP contribution in [0, 0.1) is 6.92 Å². The number of amides is 1. The molecule has 0 spiro atoms. The smallest absolute Gasteiger partial charge is 0.335 e. The molecule has 0 radical (unpaired) electrons. The van der Waals surface area contributed by atoms with E-state index in [1.54, 1.807) is 13.0 Å². The molecule has 2 rings (SSSR count). The summed E-state index contributed by atoms with van der Waals surface area (Å²) in [6.45, 7) is 1.67. The fraction of sp³-hybridized carbons (Fsp3) is 0.0769. The highest BCUT2D eigenvalue weighted by Crippen LogP contribution is 2.21. The summed E-state index contributed by atoms with van der Waals surface area (Å²) < 4.78 is 5.03. The molecule has 0 atom stereocenters. The summed E-state index contributed by atoms with van der Waals surface area (Å²) in [5.74, 6) is -0.936. The summed E-state index contributed by atoms with van der Waals surface area (Å²) in [4.78, 5) is 22.7. The number of nitrogens with two attached hydrogens (primary N) is 1. The van der Waals surface area contributed by atoms with Crippen LogP contribution in [0.4, 0.5) is 11.4 Å². The van der Waals surface area contributed by atoms with Crippen molar-refractivity contribution in [3.8, 4) is 0 Å². The van der Waals surface area contributed by atoms with Gasteiger partial charge in [0.05, 0.1) is 28.8 Å². The summed E-state index contributed by atoms with van der Waals surface area (Å²) in [7, 11) is 0. The van der Waals surface area contributed by atoms with Gasteiger partial charge in [-0.05, 0) is 31.2 Å². The largest absolute Gasteiger partial charge is 0.478 e. The van der Waals surface area contributed by atoms with Crippen molar-refractivity contribution in [1.82, 2.24) is 0 Å². The molecule has 0 saturated carbocycles. The van der Waals surface area contributed by atoms with Gasteiger partial charge in [-0.3, -0.25) is 4.79 Å². The topological polar surface area (TPSA) is 106 Å². The third-order valence-corrected chi connectivity index (χ3v) is 2.65. The van der Waals surface area contributed by atoms with Crippen LogP contribution in [0.5, 0.6) is 0 Å². The van der Waals surface area contributed by atoms with E-state index in [0.29, 0.717) is 17.0 Å². The van der Waals surface area contributed by atoms with Crippen molar-refractivity contribution in [1.29, 1.82) is 0 Å². The van der Waals surface area contributed by atoms with E-state index in [1.165, 1.54) is 24.5 Å². The van der Waals surface area contributed by atoms with Crippen molar-refractivity contribution in [2.45, 2.75) is 6.92 Å². The number of hydrogen-bond donors (Lipinski definition) is 3. The predicted molar refractivity (Wildman–Crippen MR) is 69.2 cm³/mol. The van der Waals surface area contributed by atoms with Gasteiger partial charge in [0.2, 0.25) is 0 Å². The number of rotatable bonds is 3. The first-order valence-electron chi connectivity index (χ1n) is 5.47. The van der Waals surface area contributed by atoms with E-state index >= 15 is 0 Å². The highest BCUT2D eigenvalue weighted by atomic mass is 16.4. The Morgan fingerprint density at radius 1 is 1.32 bits per heavy atom. The summed E-state index contributed by atoms with van der Waals surface area (Å²) in [5.41, 5.74) is 6.71. The summed E-state index contributed by atoms with van der Waals surface area (Å²) in [6.07, 6.45) is 1.42. The van der Waals surface area contributed by atoms with Crippen molar-refractivity contribution < 1.29 is 19.1 Å². The quantitative estimate of drug-likeness (QED) is 0.733. The SMILES string of the molecule is Cc1occc1C(=O)Nc1ccc(C(=O)O)cc1N. The highest BCUT2D eigenvalue weighted by molar-refractivity contribution is 6.06. The lowest BCUT2D eigenvalue weighted by atomic mass is 10.1. The Hall–Kier alpha value is -2.76. The van der Waals surface area contributed by atoms with Gasteiger partial charge in [0.15, 0.2) is 0 Å². The average molecular weight is 260 g/mol. The maximum Gasteiger partial charge on any atom is 0.335 e. The number of nitrogens with one attached hydrogen (secondary N) is 1. The normalized spacial score (nSPS) is 10.2. The molecule has 19 heavy (non-hydrogen) atoms. The monoisotopic (exact) mass is 260 g/mol. The number of anilines is 2. The average Bonchev–Trinajstić information content (AvgIpc) is 2.77. The molecule has 1 heterocycles. The van der Waals surface area contributed by atoms with Crippen molar-refractivity contribution in [2.24, 2.45) is 0 Å². The van der Waals surface area contributed by atoms with E-state index in [4.69, 9.17) is 15.3 Å². The van der Waals surface area contributed by atoms with Crippen LogP contribution in [-0.2, 0) is 0 Å². The zero-order valence-corrected chi connectivity index (χ0v) is 10.1. The van der Waals surface area contributed by atoms with Gasteiger partial charge in [-0.25, -0.2) is 4.79 Å². The lowest BCUT2D eigenvalue weighted by Crippen LogP contribution is -2.13. The van der Waals surface area contributed by atoms with Gasteiger partial charge in [-0.15, -0.1) is 0 Å². The zero-order chi connectivity index (χ0) is 14.0. The van der Waals surface area contributed by atoms with E-state index in [-0.39, 0.29) is 17.2 Å². The molecule has 1 amide bonds. The number of carboxylic acids is 1. The Balaban J connectivity index is 2.23. The summed E-state index contributed by atoms with van der Waals surface area (Å²) >= 11 is 0. The molecule has 6 nitrogen and oxygen atoms in total. The minimum absolute atomic E-state index is 0.0648. The van der Waals surface area contributed by atoms with E-state index in [0.717, 1.165) is 0 Å². The summed E-state index contributed by atoms with van der Waals surface area (Å²) in [6, 6.07) is 5.66. The van der Waals surface area contributed by atoms with Crippen LogP contribution in [0.2, 0.25) is 0 Å². The first kappa shape index (κ1) is 12.7. The molecule has 0 aliphatic heterocycles. The number of nitrogen functional groups attached to an aromatic ring is 1. The fourth-order valence-corrected chi connectivity index (χ4v) is 1.62. The molecule has 4 N–H and O–H groups in total. The third kappa shape index (κ3) is 2.57. The first-order chi connectivity index (χ1) is 8.99. The van der Waals surface area contributed by atoms with E-state index in [1.807, 2.05) is 0 Å². The van der Waals surface area contributed by atoms with E-state index < -0.39 is 5.97 Å². The van der Waals surface area contributed by atoms with E-state index in [2.05, 4.69) is 5.32 Å². The molecule has 0 unspecified atom stereocenters. The number of benzene rings is 1. The van der Waals surface area contributed by atoms with Gasteiger partial charge >= 0.3 is 5.97 Å². The Labute approximate surface area is 108 Å². The van der Waals surface area contributed by atoms with Gasteiger partial charge in [0, 0.05) is 0 Å². The second-order valence-electron chi connectivity index (χ2n) is 3.95. The van der Waals surface area contributed by atoms with Gasteiger partial charge in [-0.1, -0.05) is 0 Å². The number of furan rings is 1. The minimum atomic E-state index is -1.07. The summed E-state index contributed by atoms with van der Waals surface area (Å²) in [5, 5.41) is 11.4. The second kappa shape index (κ2) is 4.85.